The summed E-state index contributed by atoms with van der Waals surface area (Å²) in [6, 6.07) is 0. The third-order valence-electron chi connectivity index (χ3n) is 2.00. The molecule has 1 N–H and O–H groups in total. The molecule has 0 saturated heterocycles. The molecule has 0 bridgehead atoms. The minimum absolute atomic E-state index is 0.400. The molecule has 0 unspecified atom stereocenters. The Labute approximate surface area is 116 Å². The van der Waals surface area contributed by atoms with Crippen molar-refractivity contribution in [3.05, 3.63) is 23.0 Å². The molecule has 0 aliphatic carbocycles. The maximum absolute atomic E-state index is 9.36. The Hall–Kier alpha value is -1.16. The molecular formula is C17H34O. The maximum atomic E-state index is 9.36. The van der Waals surface area contributed by atoms with Gasteiger partial charge in [0.05, 0.1) is 5.76 Å². The topological polar surface area (TPSA) is 20.2 Å². The molecule has 0 amide bonds. The van der Waals surface area contributed by atoms with Crippen LogP contribution in [-0.2, 0) is 0 Å². The smallest absolute Gasteiger partial charge is 0.0926 e. The van der Waals surface area contributed by atoms with E-state index in [0.29, 0.717) is 11.7 Å². The molecular weight excluding hydrogens is 220 g/mol. The van der Waals surface area contributed by atoms with Crippen LogP contribution < -0.4 is 0 Å². The number of hydrogen-bond donors (Lipinski definition) is 1. The van der Waals surface area contributed by atoms with Crippen molar-refractivity contribution in [3.8, 4) is 12.8 Å². The Balaban J connectivity index is -0.000000141. The lowest BCUT2D eigenvalue weighted by Gasteiger charge is -2.09. The van der Waals surface area contributed by atoms with Crippen molar-refractivity contribution in [2.45, 2.75) is 68.7 Å². The minimum Gasteiger partial charge on any atom is -0.512 e. The number of aliphatic hydroxyl groups excluding tert-OH is 1. The highest BCUT2D eigenvalue weighted by Crippen LogP contribution is 2.17. The first-order valence-corrected chi connectivity index (χ1v) is 6.89. The highest BCUT2D eigenvalue weighted by molar-refractivity contribution is 5.26. The quantitative estimate of drug-likeness (QED) is 0.365. The second-order valence-electron chi connectivity index (χ2n) is 3.54. The van der Waals surface area contributed by atoms with Crippen molar-refractivity contribution in [2.75, 3.05) is 0 Å². The molecule has 0 saturated carbocycles. The number of rotatable bonds is 3. The van der Waals surface area contributed by atoms with Crippen molar-refractivity contribution >= 4 is 0 Å². The van der Waals surface area contributed by atoms with Crippen LogP contribution in [0.25, 0.3) is 0 Å². The van der Waals surface area contributed by atoms with E-state index in [2.05, 4.69) is 46.6 Å². The van der Waals surface area contributed by atoms with Crippen LogP contribution in [0.1, 0.15) is 68.7 Å². The average Bonchev–Trinajstić information content (AvgIpc) is 2.41. The van der Waals surface area contributed by atoms with Crippen LogP contribution in [0.2, 0.25) is 0 Å². The van der Waals surface area contributed by atoms with E-state index in [0.717, 1.165) is 12.0 Å². The Morgan fingerprint density at radius 1 is 1.06 bits per heavy atom. The van der Waals surface area contributed by atoms with Crippen LogP contribution in [0.4, 0.5) is 0 Å². The zero-order valence-corrected chi connectivity index (χ0v) is 14.0. The fourth-order valence-electron chi connectivity index (χ4n) is 1.06. The molecule has 1 nitrogen and oxygen atoms in total. The van der Waals surface area contributed by atoms with E-state index in [1.807, 2.05) is 27.7 Å². The normalized spacial score (nSPS) is 10.8. The van der Waals surface area contributed by atoms with Gasteiger partial charge in [-0.25, -0.2) is 0 Å². The third kappa shape index (κ3) is 17.2. The summed E-state index contributed by atoms with van der Waals surface area (Å²) in [6.07, 6.45) is 11.1. The summed E-state index contributed by atoms with van der Waals surface area (Å²) < 4.78 is 0. The van der Waals surface area contributed by atoms with Gasteiger partial charge in [-0.3, -0.25) is 0 Å². The monoisotopic (exact) mass is 254 g/mol. The molecule has 1 heteroatoms. The number of aliphatic hydroxyl groups is 1. The molecule has 0 radical (unpaired) electrons. The zero-order valence-electron chi connectivity index (χ0n) is 14.0. The number of hydrogen-bond acceptors (Lipinski definition) is 1. The average molecular weight is 254 g/mol. The number of terminal acetylenes is 1. The molecule has 18 heavy (non-hydrogen) atoms. The molecule has 0 aromatic heterocycles. The van der Waals surface area contributed by atoms with E-state index < -0.39 is 0 Å². The molecule has 0 atom stereocenters. The van der Waals surface area contributed by atoms with E-state index in [1.165, 1.54) is 5.57 Å². The minimum atomic E-state index is 0.400. The van der Waals surface area contributed by atoms with Crippen molar-refractivity contribution in [1.82, 2.24) is 0 Å². The largest absolute Gasteiger partial charge is 0.512 e. The Kier molecular flexibility index (Phi) is 30.1. The molecule has 0 aromatic carbocycles. The molecule has 0 aliphatic rings. The third-order valence-corrected chi connectivity index (χ3v) is 2.00. The summed E-state index contributed by atoms with van der Waals surface area (Å²) in [5.74, 6) is 0.842. The SMILES string of the molecule is C#C.CC.CC.CC/C(C)=C/C(=C(\C)O)C(C)C. The highest BCUT2D eigenvalue weighted by atomic mass is 16.3. The predicted octanol–water partition coefficient (Wildman–Crippen LogP) is 6.13. The van der Waals surface area contributed by atoms with Gasteiger partial charge < -0.3 is 5.11 Å². The van der Waals surface area contributed by atoms with Crippen LogP contribution in [-0.4, -0.2) is 5.11 Å². The molecule has 0 rings (SSSR count). The molecule has 0 fully saturated rings. The lowest BCUT2D eigenvalue weighted by Crippen LogP contribution is -1.95. The first-order chi connectivity index (χ1) is 8.49. The summed E-state index contributed by atoms with van der Waals surface area (Å²) in [6.45, 7) is 18.1. The zero-order chi connectivity index (χ0) is 15.7. The Morgan fingerprint density at radius 3 is 1.56 bits per heavy atom. The maximum Gasteiger partial charge on any atom is 0.0926 e. The summed E-state index contributed by atoms with van der Waals surface area (Å²) in [5, 5.41) is 9.36. The van der Waals surface area contributed by atoms with Gasteiger partial charge in [0.2, 0.25) is 0 Å². The highest BCUT2D eigenvalue weighted by Gasteiger charge is 2.03. The summed E-state index contributed by atoms with van der Waals surface area (Å²) in [7, 11) is 0. The van der Waals surface area contributed by atoms with Crippen LogP contribution >= 0.6 is 0 Å². The summed E-state index contributed by atoms with van der Waals surface area (Å²) >= 11 is 0. The van der Waals surface area contributed by atoms with Crippen molar-refractivity contribution in [3.63, 3.8) is 0 Å². The Morgan fingerprint density at radius 2 is 1.39 bits per heavy atom. The van der Waals surface area contributed by atoms with Gasteiger partial charge in [0.25, 0.3) is 0 Å². The van der Waals surface area contributed by atoms with Gasteiger partial charge in [0, 0.05) is 0 Å². The first-order valence-electron chi connectivity index (χ1n) is 6.89. The summed E-state index contributed by atoms with van der Waals surface area (Å²) in [5.41, 5.74) is 2.36. The molecule has 0 heterocycles. The van der Waals surface area contributed by atoms with Gasteiger partial charge in [-0.2, -0.15) is 0 Å². The van der Waals surface area contributed by atoms with Crippen LogP contribution in [0, 0.1) is 18.8 Å². The van der Waals surface area contributed by atoms with Crippen LogP contribution in [0.5, 0.6) is 0 Å². The Bertz CT molecular complexity index is 225. The molecule has 108 valence electrons. The van der Waals surface area contributed by atoms with Gasteiger partial charge in [-0.1, -0.05) is 60.1 Å². The first kappa shape index (κ1) is 25.6. The molecule has 0 spiro atoms. The fraction of sp³-hybridized carbons (Fsp3) is 0.647. The van der Waals surface area contributed by atoms with Gasteiger partial charge >= 0.3 is 0 Å². The van der Waals surface area contributed by atoms with Crippen molar-refractivity contribution in [1.29, 1.82) is 0 Å². The second-order valence-corrected chi connectivity index (χ2v) is 3.54. The van der Waals surface area contributed by atoms with Crippen molar-refractivity contribution in [2.24, 2.45) is 5.92 Å². The van der Waals surface area contributed by atoms with Gasteiger partial charge in [0.1, 0.15) is 0 Å². The molecule has 0 aliphatic heterocycles. The van der Waals surface area contributed by atoms with Gasteiger partial charge in [-0.15, -0.1) is 12.8 Å². The van der Waals surface area contributed by atoms with E-state index in [4.69, 9.17) is 0 Å². The van der Waals surface area contributed by atoms with E-state index in [1.54, 1.807) is 6.92 Å². The van der Waals surface area contributed by atoms with Gasteiger partial charge in [0.15, 0.2) is 0 Å². The van der Waals surface area contributed by atoms with E-state index >= 15 is 0 Å². The summed E-state index contributed by atoms with van der Waals surface area (Å²) in [4.78, 5) is 0. The van der Waals surface area contributed by atoms with Crippen LogP contribution in [0.15, 0.2) is 23.0 Å². The molecule has 0 aromatic rings. The standard InChI is InChI=1S/C11H20O.2C2H6.C2H2/c1-6-9(4)7-11(8(2)3)10(5)12;3*1-2/h7-8,12H,6H2,1-5H3;2*1-2H3;1-2H/b9-7+,11-10-;;;. The lowest BCUT2D eigenvalue weighted by molar-refractivity contribution is 0.401. The van der Waals surface area contributed by atoms with E-state index in [-0.39, 0.29) is 0 Å². The van der Waals surface area contributed by atoms with Crippen LogP contribution in [0.3, 0.4) is 0 Å². The predicted molar refractivity (Wildman–Crippen MR) is 86.8 cm³/mol. The second kappa shape index (κ2) is 21.2. The van der Waals surface area contributed by atoms with Crippen molar-refractivity contribution < 1.29 is 5.11 Å². The van der Waals surface area contributed by atoms with E-state index in [9.17, 15) is 5.11 Å². The van der Waals surface area contributed by atoms with Gasteiger partial charge in [-0.05, 0) is 31.8 Å². The lowest BCUT2D eigenvalue weighted by atomic mass is 9.99. The number of allylic oxidation sites excluding steroid dienone is 4. The fourth-order valence-corrected chi connectivity index (χ4v) is 1.06.